The van der Waals surface area contributed by atoms with Crippen LogP contribution in [0, 0.1) is 34.5 Å². The summed E-state index contributed by atoms with van der Waals surface area (Å²) in [5.74, 6) is -1.20. The second kappa shape index (κ2) is 27.1. The van der Waals surface area contributed by atoms with Crippen molar-refractivity contribution in [3.63, 3.8) is 0 Å². The molecule has 0 radical (unpaired) electrons. The van der Waals surface area contributed by atoms with Crippen LogP contribution in [0.4, 0.5) is 0 Å². The molecule has 5 aliphatic heterocycles. The number of hydrogen-bond acceptors (Lipinski definition) is 24. The fourth-order valence-corrected chi connectivity index (χ4v) is 16.8. The standard InChI is InChI=1S/C61H102O24/c1-14-28(2)56(68)78-33(7)60(69)19-20-61(70)37-16-15-35-21-36(17-18-58(35,9)38(37)22-44(59(60,61)10)79-34(8)63)80-45-23-39(64)52(29(3)74-45)82-46-24-40(71-11)53(30(4)75-46)83-47-25-41(72-12)54(31(5)76-47)84-48-26-42(73-13)55(32(6)77-48)85-57-51(67)50(66)49(65)43(27-62)81-57/h28-33,35-55,57,62,64-67,69-70H,14-27H2,1-13H3/t28-,29-,30-,31-,32-,33+,35+,36+,37-,38+,39+,40+,41-,42-,43-,44-,45-,46+,47+,48+,49-,50+,51-,52-,53-,54-,55-,57+,58+,59-,60-,61+/m1/s1. The predicted octanol–water partition coefficient (Wildman–Crippen LogP) is 3.07. The lowest BCUT2D eigenvalue weighted by atomic mass is 9.42. The lowest BCUT2D eigenvalue weighted by Crippen LogP contribution is -2.72. The largest absolute Gasteiger partial charge is 0.462 e. The Labute approximate surface area is 500 Å². The summed E-state index contributed by atoms with van der Waals surface area (Å²) < 4.78 is 93.5. The van der Waals surface area contributed by atoms with E-state index in [1.165, 1.54) is 14.0 Å². The van der Waals surface area contributed by atoms with E-state index < -0.39 is 176 Å². The van der Waals surface area contributed by atoms with Crippen molar-refractivity contribution >= 4 is 11.9 Å². The van der Waals surface area contributed by atoms with E-state index in [4.69, 9.17) is 71.1 Å². The molecule has 490 valence electrons. The van der Waals surface area contributed by atoms with E-state index in [0.717, 1.165) is 32.1 Å². The van der Waals surface area contributed by atoms with Crippen molar-refractivity contribution in [2.24, 2.45) is 34.5 Å². The van der Waals surface area contributed by atoms with Gasteiger partial charge in [-0.1, -0.05) is 27.7 Å². The topological polar surface area (TPSA) is 314 Å². The van der Waals surface area contributed by atoms with E-state index in [9.17, 15) is 45.3 Å². The molecule has 0 unspecified atom stereocenters. The Kier molecular flexibility index (Phi) is 21.6. The average molecular weight is 1220 g/mol. The maximum atomic E-state index is 13.1. The zero-order valence-corrected chi connectivity index (χ0v) is 52.1. The van der Waals surface area contributed by atoms with Crippen LogP contribution in [0.3, 0.4) is 0 Å². The minimum absolute atomic E-state index is 0.0112. The van der Waals surface area contributed by atoms with Gasteiger partial charge in [0.05, 0.1) is 78.5 Å². The maximum Gasteiger partial charge on any atom is 0.309 e. The Hall–Kier alpha value is -1.86. The lowest BCUT2D eigenvalue weighted by molar-refractivity contribution is -0.358. The van der Waals surface area contributed by atoms with E-state index in [0.29, 0.717) is 25.7 Å². The van der Waals surface area contributed by atoms with E-state index >= 15 is 0 Å². The molecule has 5 heterocycles. The molecule has 0 bridgehead atoms. The predicted molar refractivity (Wildman–Crippen MR) is 296 cm³/mol. The molecule has 0 spiro atoms. The highest BCUT2D eigenvalue weighted by Gasteiger charge is 2.77. The normalized spacial score (nSPS) is 50.9. The molecule has 85 heavy (non-hydrogen) atoms. The van der Waals surface area contributed by atoms with E-state index in [1.807, 2.05) is 34.6 Å². The minimum atomic E-state index is -1.63. The molecular formula is C61H102O24. The van der Waals surface area contributed by atoms with Crippen molar-refractivity contribution in [2.75, 3.05) is 27.9 Å². The minimum Gasteiger partial charge on any atom is -0.462 e. The van der Waals surface area contributed by atoms with Crippen molar-refractivity contribution in [2.45, 2.75) is 311 Å². The van der Waals surface area contributed by atoms with Gasteiger partial charge in [0.15, 0.2) is 31.5 Å². The highest BCUT2D eigenvalue weighted by atomic mass is 16.8. The molecule has 0 aromatic carbocycles. The summed E-state index contributed by atoms with van der Waals surface area (Å²) >= 11 is 0. The molecular weight excluding hydrogens is 1120 g/mol. The molecule has 7 N–H and O–H groups in total. The van der Waals surface area contributed by atoms with Gasteiger partial charge in [-0.05, 0) is 116 Å². The molecule has 24 heteroatoms. The molecule has 4 aliphatic carbocycles. The Morgan fingerprint density at radius 1 is 0.600 bits per heavy atom. The van der Waals surface area contributed by atoms with Crippen LogP contribution in [0.5, 0.6) is 0 Å². The monoisotopic (exact) mass is 1220 g/mol. The number of carbonyl (C=O) groups is 2. The van der Waals surface area contributed by atoms with Crippen LogP contribution in [0.1, 0.15) is 153 Å². The van der Waals surface area contributed by atoms with Gasteiger partial charge in [0.25, 0.3) is 0 Å². The SMILES string of the molecule is CC[C@@H](C)C(=O)O[C@@H](C)[C@]1(O)CC[C@]2(O)[C@@H]3CC[C@H]4C[C@@H](O[C@@H]5C[C@H](O)[C@H](O[C@H]6C[C@H](OC)[C@H](O[C@H]7C[C@@H](OC)[C@H](O[C@H]8C[C@@H](OC)[C@H](O[C@@H]9O[C@H](CO)[C@@H](O)[C@H](O)[C@H]9O)[C@@H](C)O8)[C@@H](C)O7)[C@@H](C)O6)[C@@H](C)O5)CC[C@]4(C)[C@H]3C[C@@H](OC(C)=O)[C@]12C. The molecule has 0 aromatic rings. The summed E-state index contributed by atoms with van der Waals surface area (Å²) in [6.07, 6.45) is -13.1. The Balaban J connectivity index is 0.749. The van der Waals surface area contributed by atoms with Gasteiger partial charge in [-0.25, -0.2) is 0 Å². The van der Waals surface area contributed by atoms with Crippen molar-refractivity contribution < 1.29 is 116 Å². The summed E-state index contributed by atoms with van der Waals surface area (Å²) in [6, 6.07) is 0. The van der Waals surface area contributed by atoms with Gasteiger partial charge in [0, 0.05) is 53.9 Å². The third kappa shape index (κ3) is 12.9. The first kappa shape index (κ1) is 67.5. The molecule has 32 atom stereocenters. The van der Waals surface area contributed by atoms with E-state index in [-0.39, 0.29) is 60.9 Å². The number of methoxy groups -OCH3 is 3. The summed E-state index contributed by atoms with van der Waals surface area (Å²) in [6.45, 7) is 17.6. The van der Waals surface area contributed by atoms with E-state index in [1.54, 1.807) is 35.0 Å². The third-order valence-electron chi connectivity index (χ3n) is 22.2. The number of fused-ring (bicyclic) bond motifs is 5. The summed E-state index contributed by atoms with van der Waals surface area (Å²) in [5.41, 5.74) is -4.54. The van der Waals surface area contributed by atoms with Crippen molar-refractivity contribution in [1.82, 2.24) is 0 Å². The number of carbonyl (C=O) groups excluding carboxylic acids is 2. The lowest BCUT2D eigenvalue weighted by Gasteiger charge is -2.66. The first-order chi connectivity index (χ1) is 40.2. The number of rotatable bonds is 19. The van der Waals surface area contributed by atoms with Gasteiger partial charge < -0.3 is 107 Å². The number of aliphatic hydroxyl groups excluding tert-OH is 5. The Bertz CT molecular complexity index is 2200. The molecule has 9 aliphatic rings. The van der Waals surface area contributed by atoms with Crippen LogP contribution in [-0.2, 0) is 80.6 Å². The summed E-state index contributed by atoms with van der Waals surface area (Å²) in [4.78, 5) is 25.9. The van der Waals surface area contributed by atoms with Crippen molar-refractivity contribution in [3.05, 3.63) is 0 Å². The van der Waals surface area contributed by atoms with Gasteiger partial charge >= 0.3 is 11.9 Å². The zero-order chi connectivity index (χ0) is 61.8. The fourth-order valence-electron chi connectivity index (χ4n) is 16.8. The van der Waals surface area contributed by atoms with Crippen molar-refractivity contribution in [3.8, 4) is 0 Å². The Morgan fingerprint density at radius 2 is 1.12 bits per heavy atom. The highest BCUT2D eigenvalue weighted by Crippen LogP contribution is 2.71. The summed E-state index contributed by atoms with van der Waals surface area (Å²) in [5, 5.41) is 78.3. The summed E-state index contributed by atoms with van der Waals surface area (Å²) in [7, 11) is 4.70. The molecule has 24 nitrogen and oxygen atoms in total. The van der Waals surface area contributed by atoms with Gasteiger partial charge in [-0.3, -0.25) is 9.59 Å². The molecule has 0 aromatic heterocycles. The highest BCUT2D eigenvalue weighted by molar-refractivity contribution is 5.72. The first-order valence-electron chi connectivity index (χ1n) is 31.5. The molecule has 5 saturated heterocycles. The molecule has 4 saturated carbocycles. The second-order valence-corrected chi connectivity index (χ2v) is 26.8. The van der Waals surface area contributed by atoms with Crippen LogP contribution in [0.15, 0.2) is 0 Å². The van der Waals surface area contributed by atoms with E-state index in [2.05, 4.69) is 6.92 Å². The second-order valence-electron chi connectivity index (χ2n) is 26.8. The molecule has 9 rings (SSSR count). The Morgan fingerprint density at radius 3 is 1.62 bits per heavy atom. The van der Waals surface area contributed by atoms with Crippen LogP contribution >= 0.6 is 0 Å². The van der Waals surface area contributed by atoms with Crippen LogP contribution in [-0.4, -0.2) is 234 Å². The smallest absolute Gasteiger partial charge is 0.309 e. The van der Waals surface area contributed by atoms with Gasteiger partial charge in [0.1, 0.15) is 66.6 Å². The van der Waals surface area contributed by atoms with Crippen molar-refractivity contribution in [1.29, 1.82) is 0 Å². The third-order valence-corrected chi connectivity index (χ3v) is 22.2. The average Bonchev–Trinajstić information content (AvgIpc) is 1.94. The zero-order valence-electron chi connectivity index (χ0n) is 52.1. The molecule has 0 amide bonds. The van der Waals surface area contributed by atoms with Gasteiger partial charge in [-0.15, -0.1) is 0 Å². The van der Waals surface area contributed by atoms with Gasteiger partial charge in [0.2, 0.25) is 0 Å². The number of aliphatic hydroxyl groups is 7. The first-order valence-corrected chi connectivity index (χ1v) is 31.5. The fraction of sp³-hybridized carbons (Fsp3) is 0.967. The van der Waals surface area contributed by atoms with Crippen LogP contribution in [0.25, 0.3) is 0 Å². The quantitative estimate of drug-likeness (QED) is 0.0722. The number of esters is 2. The van der Waals surface area contributed by atoms with Crippen LogP contribution < -0.4 is 0 Å². The number of hydrogen-bond donors (Lipinski definition) is 7. The molecule has 9 fully saturated rings. The van der Waals surface area contributed by atoms with Crippen LogP contribution in [0.2, 0.25) is 0 Å². The maximum absolute atomic E-state index is 13.1. The van der Waals surface area contributed by atoms with Gasteiger partial charge in [-0.2, -0.15) is 0 Å². The number of ether oxygens (including phenoxy) is 15.